The number of aromatic nitrogens is 1. The van der Waals surface area contributed by atoms with Gasteiger partial charge in [-0.2, -0.15) is 0 Å². The van der Waals surface area contributed by atoms with E-state index in [2.05, 4.69) is 57.3 Å². The van der Waals surface area contributed by atoms with Crippen molar-refractivity contribution in [2.24, 2.45) is 0 Å². The number of ether oxygens (including phenoxy) is 2. The third-order valence-electron chi connectivity index (χ3n) is 6.13. The number of nitrogens with zero attached hydrogens (tertiary/aromatic N) is 3. The van der Waals surface area contributed by atoms with Crippen LogP contribution in [-0.4, -0.2) is 61.8 Å². The number of pyridine rings is 1. The number of carbonyl (C=O) groups excluding carboxylic acids is 1. The van der Waals surface area contributed by atoms with E-state index in [0.717, 1.165) is 52.4 Å². The van der Waals surface area contributed by atoms with Crippen molar-refractivity contribution in [2.45, 2.75) is 26.9 Å². The summed E-state index contributed by atoms with van der Waals surface area (Å²) in [6.07, 6.45) is 1.87. The Kier molecular flexibility index (Phi) is 6.47. The molecule has 0 spiro atoms. The highest BCUT2D eigenvalue weighted by atomic mass is 16.5. The molecule has 0 N–H and O–H groups in total. The van der Waals surface area contributed by atoms with E-state index >= 15 is 0 Å². The Morgan fingerprint density at radius 2 is 1.79 bits per heavy atom. The molecule has 3 heterocycles. The van der Waals surface area contributed by atoms with E-state index in [9.17, 15) is 4.79 Å². The maximum absolute atomic E-state index is 13.1. The maximum atomic E-state index is 13.1. The van der Waals surface area contributed by atoms with Gasteiger partial charge in [-0.15, -0.1) is 0 Å². The van der Waals surface area contributed by atoms with Crippen molar-refractivity contribution in [1.29, 1.82) is 0 Å². The molecule has 1 saturated heterocycles. The normalized spacial score (nSPS) is 14.1. The molecule has 4 rings (SSSR count). The molecule has 3 aromatic rings. The monoisotopic (exact) mass is 447 g/mol. The van der Waals surface area contributed by atoms with E-state index in [1.807, 2.05) is 40.9 Å². The minimum absolute atomic E-state index is 0.191. The summed E-state index contributed by atoms with van der Waals surface area (Å²) in [7, 11) is 4.06. The molecule has 0 bridgehead atoms. The lowest BCUT2D eigenvalue weighted by atomic mass is 10.0. The van der Waals surface area contributed by atoms with Crippen molar-refractivity contribution in [2.75, 3.05) is 45.3 Å². The predicted molar refractivity (Wildman–Crippen MR) is 134 cm³/mol. The number of fused-ring (bicyclic) bond motifs is 1. The Labute approximate surface area is 196 Å². The Hall–Kier alpha value is -3.25. The van der Waals surface area contributed by atoms with Gasteiger partial charge in [0.1, 0.15) is 0 Å². The van der Waals surface area contributed by atoms with Gasteiger partial charge < -0.3 is 23.7 Å². The Morgan fingerprint density at radius 3 is 2.39 bits per heavy atom. The average Bonchev–Trinajstić information content (AvgIpc) is 3.21. The zero-order chi connectivity index (χ0) is 23.7. The second-order valence-corrected chi connectivity index (χ2v) is 8.96. The Bertz CT molecular complexity index is 1170. The van der Waals surface area contributed by atoms with Crippen LogP contribution >= 0.6 is 0 Å². The molecule has 174 valence electrons. The molecular weight excluding hydrogens is 414 g/mol. The molecular formula is C27H33N3O3. The number of anilines is 1. The van der Waals surface area contributed by atoms with Gasteiger partial charge in [0.15, 0.2) is 0 Å². The summed E-state index contributed by atoms with van der Waals surface area (Å²) in [5, 5.41) is 0. The number of benzene rings is 1. The van der Waals surface area contributed by atoms with Gasteiger partial charge in [-0.05, 0) is 56.2 Å². The van der Waals surface area contributed by atoms with E-state index in [0.29, 0.717) is 18.8 Å². The van der Waals surface area contributed by atoms with Gasteiger partial charge >= 0.3 is 5.97 Å². The van der Waals surface area contributed by atoms with Crippen LogP contribution in [0.4, 0.5) is 5.69 Å². The van der Waals surface area contributed by atoms with Crippen molar-refractivity contribution < 1.29 is 14.3 Å². The van der Waals surface area contributed by atoms with E-state index in [1.165, 1.54) is 0 Å². The standard InChI is InChI=1S/C27H33N3O3/c1-18(2)33-27(31)24-17-25-23(21-7-9-22(10-8-21)28(5)6)11-12-30(25)26(19(24)3)20(4)29-13-15-32-16-14-29/h7-12,17-18H,4,13-16H2,1-3,5-6H3. The fourth-order valence-electron chi connectivity index (χ4n) is 4.35. The Morgan fingerprint density at radius 1 is 1.12 bits per heavy atom. The molecule has 0 aliphatic carbocycles. The summed E-state index contributed by atoms with van der Waals surface area (Å²) in [5.74, 6) is -0.309. The molecule has 0 unspecified atom stereocenters. The quantitative estimate of drug-likeness (QED) is 0.506. The van der Waals surface area contributed by atoms with Gasteiger partial charge in [0.25, 0.3) is 0 Å². The first-order chi connectivity index (χ1) is 15.8. The molecule has 0 amide bonds. The van der Waals surface area contributed by atoms with Gasteiger partial charge in [0, 0.05) is 44.6 Å². The van der Waals surface area contributed by atoms with Crippen LogP contribution in [-0.2, 0) is 9.47 Å². The summed E-state index contributed by atoms with van der Waals surface area (Å²) in [4.78, 5) is 17.4. The first-order valence-corrected chi connectivity index (χ1v) is 11.4. The molecule has 6 nitrogen and oxygen atoms in total. The smallest absolute Gasteiger partial charge is 0.338 e. The SMILES string of the molecule is C=C(c1c(C)c(C(=O)OC(C)C)cc2c(-c3ccc(N(C)C)cc3)ccn12)N1CCOCC1. The second kappa shape index (κ2) is 9.32. The molecule has 0 radical (unpaired) electrons. The Balaban J connectivity index is 1.88. The van der Waals surface area contributed by atoms with Gasteiger partial charge in [-0.3, -0.25) is 0 Å². The summed E-state index contributed by atoms with van der Waals surface area (Å²) >= 11 is 0. The molecule has 6 heteroatoms. The van der Waals surface area contributed by atoms with E-state index in [-0.39, 0.29) is 12.1 Å². The first kappa shape index (κ1) is 22.9. The van der Waals surface area contributed by atoms with Crippen LogP contribution in [0.5, 0.6) is 0 Å². The molecule has 1 aliphatic heterocycles. The lowest BCUT2D eigenvalue weighted by Gasteiger charge is -2.32. The van der Waals surface area contributed by atoms with E-state index < -0.39 is 0 Å². The maximum Gasteiger partial charge on any atom is 0.338 e. The molecule has 1 aromatic carbocycles. The number of hydrogen-bond donors (Lipinski definition) is 0. The van der Waals surface area contributed by atoms with Crippen molar-refractivity contribution in [3.63, 3.8) is 0 Å². The molecule has 0 saturated carbocycles. The number of hydrogen-bond acceptors (Lipinski definition) is 5. The minimum Gasteiger partial charge on any atom is -0.459 e. The molecule has 1 fully saturated rings. The lowest BCUT2D eigenvalue weighted by molar-refractivity contribution is 0.0377. The largest absolute Gasteiger partial charge is 0.459 e. The van der Waals surface area contributed by atoms with Crippen molar-refractivity contribution in [3.05, 3.63) is 66.0 Å². The predicted octanol–water partition coefficient (Wildman–Crippen LogP) is 4.85. The van der Waals surface area contributed by atoms with Crippen molar-refractivity contribution >= 4 is 22.9 Å². The van der Waals surface area contributed by atoms with E-state index in [1.54, 1.807) is 0 Å². The van der Waals surface area contributed by atoms with Crippen LogP contribution < -0.4 is 4.90 Å². The van der Waals surface area contributed by atoms with Gasteiger partial charge in [0.2, 0.25) is 0 Å². The van der Waals surface area contributed by atoms with Gasteiger partial charge in [-0.25, -0.2) is 4.79 Å². The lowest BCUT2D eigenvalue weighted by Crippen LogP contribution is -2.35. The summed E-state index contributed by atoms with van der Waals surface area (Å²) in [6, 6.07) is 12.5. The van der Waals surface area contributed by atoms with Crippen LogP contribution in [0.25, 0.3) is 22.3 Å². The molecule has 0 atom stereocenters. The van der Waals surface area contributed by atoms with Crippen molar-refractivity contribution in [3.8, 4) is 11.1 Å². The number of rotatable bonds is 6. The fourth-order valence-corrected chi connectivity index (χ4v) is 4.35. The van der Waals surface area contributed by atoms with Crippen LogP contribution in [0, 0.1) is 6.92 Å². The molecule has 2 aromatic heterocycles. The molecule has 1 aliphatic rings. The summed E-state index contributed by atoms with van der Waals surface area (Å²) in [5.41, 5.74) is 7.53. The minimum atomic E-state index is -0.309. The van der Waals surface area contributed by atoms with E-state index in [4.69, 9.17) is 9.47 Å². The molecule has 33 heavy (non-hydrogen) atoms. The zero-order valence-electron chi connectivity index (χ0n) is 20.2. The highest BCUT2D eigenvalue weighted by Gasteiger charge is 2.24. The average molecular weight is 448 g/mol. The van der Waals surface area contributed by atoms with Crippen LogP contribution in [0.2, 0.25) is 0 Å². The third kappa shape index (κ3) is 4.48. The highest BCUT2D eigenvalue weighted by molar-refractivity contribution is 5.96. The first-order valence-electron chi connectivity index (χ1n) is 11.4. The van der Waals surface area contributed by atoms with Crippen LogP contribution in [0.15, 0.2) is 49.2 Å². The third-order valence-corrected chi connectivity index (χ3v) is 6.13. The fraction of sp³-hybridized carbons (Fsp3) is 0.370. The number of morpholine rings is 1. The summed E-state index contributed by atoms with van der Waals surface area (Å²) in [6.45, 7) is 13.0. The topological polar surface area (TPSA) is 46.4 Å². The van der Waals surface area contributed by atoms with Crippen LogP contribution in [0.3, 0.4) is 0 Å². The van der Waals surface area contributed by atoms with Crippen molar-refractivity contribution in [1.82, 2.24) is 9.30 Å². The highest BCUT2D eigenvalue weighted by Crippen LogP contribution is 2.34. The second-order valence-electron chi connectivity index (χ2n) is 8.96. The zero-order valence-corrected chi connectivity index (χ0v) is 20.2. The van der Waals surface area contributed by atoms with Crippen LogP contribution in [0.1, 0.15) is 35.5 Å². The number of carbonyl (C=O) groups is 1. The van der Waals surface area contributed by atoms with Gasteiger partial charge in [0.05, 0.1) is 41.8 Å². The summed E-state index contributed by atoms with van der Waals surface area (Å²) < 4.78 is 13.3. The number of esters is 1. The van der Waals surface area contributed by atoms with Gasteiger partial charge in [-0.1, -0.05) is 18.7 Å².